The van der Waals surface area contributed by atoms with Gasteiger partial charge in [0.05, 0.1) is 6.61 Å². The van der Waals surface area contributed by atoms with Crippen LogP contribution < -0.4 is 0 Å². The van der Waals surface area contributed by atoms with Crippen LogP contribution in [-0.2, 0) is 11.2 Å². The lowest BCUT2D eigenvalue weighted by Crippen LogP contribution is -2.07. The molecule has 1 N–H and O–H groups in total. The second-order valence-electron chi connectivity index (χ2n) is 11.7. The Morgan fingerprint density at radius 2 is 0.949 bits per heavy atom. The number of hydrogen-bond acceptors (Lipinski definition) is 5. The first-order valence-electron chi connectivity index (χ1n) is 17.0. The largest absolute Gasteiger partial charge is 0.503 e. The number of esters is 1. The zero-order valence-corrected chi connectivity index (χ0v) is 25.9. The molecule has 0 saturated heterocycles. The van der Waals surface area contributed by atoms with Crippen LogP contribution in [0.4, 0.5) is 0 Å². The summed E-state index contributed by atoms with van der Waals surface area (Å²) in [7, 11) is 0. The van der Waals surface area contributed by atoms with Crippen molar-refractivity contribution in [3.63, 3.8) is 0 Å². The Morgan fingerprint density at radius 1 is 0.590 bits per heavy atom. The molecule has 1 aromatic rings. The number of aryl methyl sites for hydroxylation is 1. The summed E-state index contributed by atoms with van der Waals surface area (Å²) in [5.74, 6) is -0.304. The van der Waals surface area contributed by atoms with E-state index in [-0.39, 0.29) is 11.4 Å². The Labute approximate surface area is 241 Å². The molecule has 0 aliphatic carbocycles. The van der Waals surface area contributed by atoms with Gasteiger partial charge in [0, 0.05) is 6.42 Å². The topological polar surface area (TPSA) is 72.6 Å². The summed E-state index contributed by atoms with van der Waals surface area (Å²) in [6.45, 7) is 4.91. The minimum atomic E-state index is -0.577. The van der Waals surface area contributed by atoms with Gasteiger partial charge in [0.25, 0.3) is 0 Å². The molecule has 0 saturated carbocycles. The smallest absolute Gasteiger partial charge is 0.364 e. The van der Waals surface area contributed by atoms with E-state index in [0.717, 1.165) is 25.7 Å². The molecule has 1 aromatic heterocycles. The predicted molar refractivity (Wildman–Crippen MR) is 164 cm³/mol. The van der Waals surface area contributed by atoms with Crippen molar-refractivity contribution in [3.8, 4) is 5.75 Å². The normalized spacial score (nSPS) is 11.3. The molecule has 0 spiro atoms. The SMILES string of the molecule is CCCCCCCCCCCCCCCCOC(=O)c1noc(CCCCCCCCCCCCCC)c1O. The van der Waals surface area contributed by atoms with Crippen molar-refractivity contribution >= 4 is 5.97 Å². The van der Waals surface area contributed by atoms with Crippen molar-refractivity contribution in [2.24, 2.45) is 0 Å². The number of ether oxygens (including phenoxy) is 1. The number of hydrogen-bond donors (Lipinski definition) is 1. The average Bonchev–Trinajstić information content (AvgIpc) is 3.31. The van der Waals surface area contributed by atoms with E-state index in [1.54, 1.807) is 0 Å². The zero-order chi connectivity index (χ0) is 28.2. The van der Waals surface area contributed by atoms with Crippen LogP contribution in [0.15, 0.2) is 4.52 Å². The monoisotopic (exact) mass is 549 g/mol. The van der Waals surface area contributed by atoms with Gasteiger partial charge >= 0.3 is 5.97 Å². The van der Waals surface area contributed by atoms with Gasteiger partial charge < -0.3 is 14.4 Å². The Bertz CT molecular complexity index is 672. The molecule has 0 fully saturated rings. The van der Waals surface area contributed by atoms with Gasteiger partial charge in [0.2, 0.25) is 5.69 Å². The molecule has 0 aromatic carbocycles. The van der Waals surface area contributed by atoms with Crippen LogP contribution in [0.3, 0.4) is 0 Å². The van der Waals surface area contributed by atoms with Crippen LogP contribution in [0, 0.1) is 0 Å². The lowest BCUT2D eigenvalue weighted by molar-refractivity contribution is 0.0483. The predicted octanol–water partition coefficient (Wildman–Crippen LogP) is 11.3. The molecule has 0 bridgehead atoms. The minimum absolute atomic E-state index is 0.0747. The van der Waals surface area contributed by atoms with Gasteiger partial charge in [-0.25, -0.2) is 4.79 Å². The van der Waals surface area contributed by atoms with Crippen LogP contribution in [0.2, 0.25) is 0 Å². The van der Waals surface area contributed by atoms with E-state index in [1.807, 2.05) is 0 Å². The van der Waals surface area contributed by atoms with Crippen molar-refractivity contribution in [3.05, 3.63) is 11.5 Å². The fraction of sp³-hybridized carbons (Fsp3) is 0.882. The lowest BCUT2D eigenvalue weighted by atomic mass is 10.0. The molecule has 5 heteroatoms. The van der Waals surface area contributed by atoms with Crippen molar-refractivity contribution in [2.75, 3.05) is 6.61 Å². The third-order valence-corrected chi connectivity index (χ3v) is 7.92. The molecule has 39 heavy (non-hydrogen) atoms. The highest BCUT2D eigenvalue weighted by atomic mass is 16.5. The van der Waals surface area contributed by atoms with Crippen molar-refractivity contribution < 1.29 is 19.2 Å². The molecule has 0 amide bonds. The summed E-state index contributed by atoms with van der Waals surface area (Å²) in [6.07, 6.45) is 34.2. The average molecular weight is 550 g/mol. The summed E-state index contributed by atoms with van der Waals surface area (Å²) in [5, 5.41) is 14.1. The van der Waals surface area contributed by atoms with Gasteiger partial charge in [-0.3, -0.25) is 0 Å². The van der Waals surface area contributed by atoms with Crippen LogP contribution in [0.1, 0.15) is 197 Å². The molecule has 1 heterocycles. The molecule has 0 radical (unpaired) electrons. The molecule has 0 atom stereocenters. The molecular formula is C34H63NO4. The van der Waals surface area contributed by atoms with Gasteiger partial charge in [0.1, 0.15) is 0 Å². The van der Waals surface area contributed by atoms with Gasteiger partial charge in [0.15, 0.2) is 11.5 Å². The third-order valence-electron chi connectivity index (χ3n) is 7.92. The fourth-order valence-electron chi connectivity index (χ4n) is 5.27. The number of aromatic nitrogens is 1. The Morgan fingerprint density at radius 3 is 1.36 bits per heavy atom. The van der Waals surface area contributed by atoms with Gasteiger partial charge in [-0.2, -0.15) is 0 Å². The highest BCUT2D eigenvalue weighted by Crippen LogP contribution is 2.25. The van der Waals surface area contributed by atoms with Crippen molar-refractivity contribution in [1.82, 2.24) is 5.16 Å². The van der Waals surface area contributed by atoms with E-state index in [1.165, 1.54) is 141 Å². The van der Waals surface area contributed by atoms with E-state index in [0.29, 0.717) is 18.8 Å². The summed E-state index contributed by atoms with van der Waals surface area (Å²) >= 11 is 0. The standard InChI is InChI=1S/C34H63NO4/c1-3-5-7-9-11-13-15-17-18-20-22-24-26-28-30-38-34(37)32-33(36)31(39-35-32)29-27-25-23-21-19-16-14-12-10-8-6-4-2/h36H,3-30H2,1-2H3. The van der Waals surface area contributed by atoms with Crippen LogP contribution in [-0.4, -0.2) is 22.8 Å². The van der Waals surface area contributed by atoms with E-state index < -0.39 is 5.97 Å². The van der Waals surface area contributed by atoms with Crippen LogP contribution >= 0.6 is 0 Å². The fourth-order valence-corrected chi connectivity index (χ4v) is 5.27. The van der Waals surface area contributed by atoms with E-state index in [4.69, 9.17) is 9.26 Å². The third kappa shape index (κ3) is 20.1. The number of rotatable bonds is 29. The molecule has 0 unspecified atom stereocenters. The quantitative estimate of drug-likeness (QED) is 0.0794. The van der Waals surface area contributed by atoms with Crippen LogP contribution in [0.5, 0.6) is 5.75 Å². The van der Waals surface area contributed by atoms with Crippen molar-refractivity contribution in [1.29, 1.82) is 0 Å². The molecule has 1 rings (SSSR count). The first-order chi connectivity index (χ1) is 19.2. The summed E-state index contributed by atoms with van der Waals surface area (Å²) in [6, 6.07) is 0. The van der Waals surface area contributed by atoms with Crippen LogP contribution in [0.25, 0.3) is 0 Å². The molecule has 5 nitrogen and oxygen atoms in total. The minimum Gasteiger partial charge on any atom is -0.503 e. The Hall–Kier alpha value is -1.52. The van der Waals surface area contributed by atoms with Gasteiger partial charge in [-0.15, -0.1) is 0 Å². The highest BCUT2D eigenvalue weighted by molar-refractivity contribution is 5.90. The summed E-state index contributed by atoms with van der Waals surface area (Å²) in [5.41, 5.74) is -0.0747. The second kappa shape index (κ2) is 26.7. The Kier molecular flexibility index (Phi) is 24.3. The highest BCUT2D eigenvalue weighted by Gasteiger charge is 2.22. The maximum atomic E-state index is 12.3. The van der Waals surface area contributed by atoms with E-state index in [2.05, 4.69) is 19.0 Å². The van der Waals surface area contributed by atoms with Crippen molar-refractivity contribution in [2.45, 2.75) is 187 Å². The van der Waals surface area contributed by atoms with Gasteiger partial charge in [-0.05, 0) is 12.8 Å². The second-order valence-corrected chi connectivity index (χ2v) is 11.7. The number of aromatic hydroxyl groups is 1. The zero-order valence-electron chi connectivity index (χ0n) is 25.9. The van der Waals surface area contributed by atoms with E-state index >= 15 is 0 Å². The lowest BCUT2D eigenvalue weighted by Gasteiger charge is -2.04. The summed E-state index contributed by atoms with van der Waals surface area (Å²) in [4.78, 5) is 12.3. The van der Waals surface area contributed by atoms with E-state index in [9.17, 15) is 9.90 Å². The molecule has 228 valence electrons. The Balaban J connectivity index is 1.96. The maximum absolute atomic E-state index is 12.3. The number of carbonyl (C=O) groups is 1. The molecule has 0 aliphatic heterocycles. The van der Waals surface area contributed by atoms with Gasteiger partial charge in [-0.1, -0.05) is 173 Å². The number of unbranched alkanes of at least 4 members (excludes halogenated alkanes) is 24. The summed E-state index contributed by atoms with van der Waals surface area (Å²) < 4.78 is 10.6. The molecule has 0 aliphatic rings. The molecular weight excluding hydrogens is 486 g/mol. The number of carbonyl (C=O) groups excluding carboxylic acids is 1. The maximum Gasteiger partial charge on any atom is 0.364 e. The first-order valence-corrected chi connectivity index (χ1v) is 17.0. The first kappa shape index (κ1) is 35.5. The number of nitrogens with zero attached hydrogens (tertiary/aromatic N) is 1.